The molecule has 1 atom stereocenters. The third kappa shape index (κ3) is 8.55. The molecule has 45 heavy (non-hydrogen) atoms. The van der Waals surface area contributed by atoms with Crippen molar-refractivity contribution in [1.82, 2.24) is 10.2 Å². The van der Waals surface area contributed by atoms with Crippen LogP contribution in [0, 0.1) is 12.7 Å². The molecule has 1 fully saturated rings. The van der Waals surface area contributed by atoms with Gasteiger partial charge < -0.3 is 10.2 Å². The van der Waals surface area contributed by atoms with Crippen LogP contribution in [-0.2, 0) is 32.3 Å². The first kappa shape index (κ1) is 34.2. The normalized spacial score (nSPS) is 14.9. The van der Waals surface area contributed by atoms with E-state index in [4.69, 9.17) is 11.6 Å². The number of carbonyl (C=O) groups is 2. The van der Waals surface area contributed by atoms with Crippen molar-refractivity contribution in [1.29, 1.82) is 0 Å². The van der Waals surface area contributed by atoms with Crippen LogP contribution in [0.4, 0.5) is 23.2 Å². The van der Waals surface area contributed by atoms with Crippen molar-refractivity contribution in [3.8, 4) is 0 Å². The monoisotopic (exact) mass is 667 g/mol. The van der Waals surface area contributed by atoms with Crippen LogP contribution in [0.15, 0.2) is 71.6 Å². The zero-order valence-electron chi connectivity index (χ0n) is 24.8. The number of anilines is 1. The molecule has 3 aromatic rings. The van der Waals surface area contributed by atoms with E-state index in [0.717, 1.165) is 54.7 Å². The van der Waals surface area contributed by atoms with Gasteiger partial charge in [0.25, 0.3) is 10.0 Å². The van der Waals surface area contributed by atoms with Crippen LogP contribution in [0.1, 0.15) is 55.7 Å². The van der Waals surface area contributed by atoms with E-state index in [1.807, 2.05) is 0 Å². The van der Waals surface area contributed by atoms with Gasteiger partial charge in [0, 0.05) is 12.6 Å². The standard InChI is InChI=1S/C32H34ClF4N3O4S/c1-21-8-15-27(16-9-21)45(43,44)40(26-14-17-29(33)28(18-26)32(35,36)37)20-30(41)39(19-23-10-12-24(34)13-11-23)22(2)31(42)38-25-6-4-3-5-7-25/h8-18,22,25H,3-7,19-20H2,1-2H3,(H,38,42)/t22-/m0/s1. The van der Waals surface area contributed by atoms with Crippen LogP contribution < -0.4 is 9.62 Å². The number of hydrogen-bond donors (Lipinski definition) is 1. The number of hydrogen-bond acceptors (Lipinski definition) is 4. The van der Waals surface area contributed by atoms with Crippen molar-refractivity contribution in [2.24, 2.45) is 0 Å². The quantitative estimate of drug-likeness (QED) is 0.239. The molecule has 0 radical (unpaired) electrons. The molecule has 242 valence electrons. The summed E-state index contributed by atoms with van der Waals surface area (Å²) in [5, 5.41) is 2.32. The minimum atomic E-state index is -4.91. The Morgan fingerprint density at radius 1 is 0.978 bits per heavy atom. The molecule has 0 unspecified atom stereocenters. The van der Waals surface area contributed by atoms with Gasteiger partial charge in [-0.15, -0.1) is 0 Å². The molecule has 0 bridgehead atoms. The summed E-state index contributed by atoms with van der Waals surface area (Å²) >= 11 is 5.81. The van der Waals surface area contributed by atoms with E-state index in [9.17, 15) is 35.6 Å². The summed E-state index contributed by atoms with van der Waals surface area (Å²) in [5.74, 6) is -1.83. The first-order chi connectivity index (χ1) is 21.2. The van der Waals surface area contributed by atoms with Gasteiger partial charge in [-0.3, -0.25) is 13.9 Å². The van der Waals surface area contributed by atoms with Gasteiger partial charge in [0.1, 0.15) is 18.4 Å². The summed E-state index contributed by atoms with van der Waals surface area (Å²) in [4.78, 5) is 28.3. The van der Waals surface area contributed by atoms with E-state index in [1.54, 1.807) is 6.92 Å². The summed E-state index contributed by atoms with van der Waals surface area (Å²) in [5.41, 5.74) is -0.519. The molecule has 3 aromatic carbocycles. The summed E-state index contributed by atoms with van der Waals surface area (Å²) in [6.45, 7) is 2.10. The Morgan fingerprint density at radius 2 is 1.60 bits per heavy atom. The second-order valence-electron chi connectivity index (χ2n) is 11.2. The predicted octanol–water partition coefficient (Wildman–Crippen LogP) is 6.87. The minimum Gasteiger partial charge on any atom is -0.352 e. The molecule has 4 rings (SSSR count). The maximum atomic E-state index is 14.0. The van der Waals surface area contributed by atoms with Gasteiger partial charge in [-0.1, -0.05) is 60.7 Å². The molecule has 13 heteroatoms. The van der Waals surface area contributed by atoms with Gasteiger partial charge in [-0.25, -0.2) is 12.8 Å². The first-order valence-corrected chi connectivity index (χ1v) is 16.3. The van der Waals surface area contributed by atoms with Crippen LogP contribution in [0.25, 0.3) is 0 Å². The van der Waals surface area contributed by atoms with Crippen molar-refractivity contribution in [2.75, 3.05) is 10.8 Å². The predicted molar refractivity (Wildman–Crippen MR) is 164 cm³/mol. The van der Waals surface area contributed by atoms with E-state index in [2.05, 4.69) is 5.32 Å². The largest absolute Gasteiger partial charge is 0.417 e. The number of rotatable bonds is 10. The fourth-order valence-corrected chi connectivity index (χ4v) is 6.82. The average molecular weight is 668 g/mol. The lowest BCUT2D eigenvalue weighted by atomic mass is 9.95. The Balaban J connectivity index is 1.74. The van der Waals surface area contributed by atoms with Gasteiger partial charge in [-0.05, 0) is 74.7 Å². The highest BCUT2D eigenvalue weighted by Gasteiger charge is 2.37. The minimum absolute atomic E-state index is 0.0789. The smallest absolute Gasteiger partial charge is 0.352 e. The van der Waals surface area contributed by atoms with Crippen molar-refractivity contribution in [3.05, 3.63) is 94.3 Å². The number of aryl methyl sites for hydroxylation is 1. The summed E-state index contributed by atoms with van der Waals surface area (Å²) < 4.78 is 83.5. The van der Waals surface area contributed by atoms with Crippen molar-refractivity contribution in [3.63, 3.8) is 0 Å². The van der Waals surface area contributed by atoms with Crippen LogP contribution in [0.2, 0.25) is 5.02 Å². The molecular weight excluding hydrogens is 634 g/mol. The van der Waals surface area contributed by atoms with Gasteiger partial charge in [0.05, 0.1) is 21.2 Å². The van der Waals surface area contributed by atoms with Gasteiger partial charge in [-0.2, -0.15) is 13.2 Å². The Bertz CT molecular complexity index is 1610. The number of carbonyl (C=O) groups excluding carboxylic acids is 2. The number of nitrogens with one attached hydrogen (secondary N) is 1. The SMILES string of the molecule is Cc1ccc(S(=O)(=O)N(CC(=O)N(Cc2ccc(F)cc2)[C@@H](C)C(=O)NC2CCCCC2)c2ccc(Cl)c(C(F)(F)F)c2)cc1. The highest BCUT2D eigenvalue weighted by Crippen LogP contribution is 2.38. The Kier molecular flexibility index (Phi) is 10.8. The number of sulfonamides is 1. The fourth-order valence-electron chi connectivity index (χ4n) is 5.19. The molecule has 1 aliphatic rings. The second-order valence-corrected chi connectivity index (χ2v) is 13.4. The maximum absolute atomic E-state index is 14.0. The van der Waals surface area contributed by atoms with E-state index in [-0.39, 0.29) is 17.5 Å². The average Bonchev–Trinajstić information content (AvgIpc) is 2.99. The maximum Gasteiger partial charge on any atom is 0.417 e. The molecule has 1 aliphatic carbocycles. The van der Waals surface area contributed by atoms with Gasteiger partial charge in [0.15, 0.2) is 0 Å². The highest BCUT2D eigenvalue weighted by molar-refractivity contribution is 7.92. The van der Waals surface area contributed by atoms with Gasteiger partial charge >= 0.3 is 6.18 Å². The summed E-state index contributed by atoms with van der Waals surface area (Å²) in [7, 11) is -4.60. The van der Waals surface area contributed by atoms with E-state index in [0.29, 0.717) is 15.9 Å². The van der Waals surface area contributed by atoms with Crippen molar-refractivity contribution in [2.45, 2.75) is 75.7 Å². The van der Waals surface area contributed by atoms with E-state index >= 15 is 0 Å². The summed E-state index contributed by atoms with van der Waals surface area (Å²) in [6, 6.07) is 12.3. The fraction of sp³-hybridized carbons (Fsp3) is 0.375. The molecule has 0 aliphatic heterocycles. The third-order valence-corrected chi connectivity index (χ3v) is 9.93. The highest BCUT2D eigenvalue weighted by atomic mass is 35.5. The van der Waals surface area contributed by atoms with Crippen LogP contribution >= 0.6 is 11.6 Å². The van der Waals surface area contributed by atoms with Crippen LogP contribution in [-0.4, -0.2) is 43.8 Å². The molecule has 0 saturated heterocycles. The lowest BCUT2D eigenvalue weighted by Gasteiger charge is -2.33. The number of alkyl halides is 3. The molecule has 1 saturated carbocycles. The number of amides is 2. The molecular formula is C32H34ClF4N3O4S. The lowest BCUT2D eigenvalue weighted by Crippen LogP contribution is -2.53. The Morgan fingerprint density at radius 3 is 2.20 bits per heavy atom. The van der Waals surface area contributed by atoms with Crippen LogP contribution in [0.5, 0.6) is 0 Å². The molecule has 0 spiro atoms. The molecule has 0 heterocycles. The number of nitrogens with zero attached hydrogens (tertiary/aromatic N) is 2. The lowest BCUT2D eigenvalue weighted by molar-refractivity contribution is -0.139. The number of benzene rings is 3. The molecule has 7 nitrogen and oxygen atoms in total. The summed E-state index contributed by atoms with van der Waals surface area (Å²) in [6.07, 6.45) is -0.384. The van der Waals surface area contributed by atoms with E-state index in [1.165, 1.54) is 55.5 Å². The second kappa shape index (κ2) is 14.2. The molecule has 1 N–H and O–H groups in total. The van der Waals surface area contributed by atoms with Crippen molar-refractivity contribution < 1.29 is 35.6 Å². The van der Waals surface area contributed by atoms with E-state index < -0.39 is 62.7 Å². The first-order valence-electron chi connectivity index (χ1n) is 14.5. The topological polar surface area (TPSA) is 86.8 Å². The molecule has 2 amide bonds. The van der Waals surface area contributed by atoms with Gasteiger partial charge in [0.2, 0.25) is 11.8 Å². The Hall–Kier alpha value is -3.64. The zero-order chi connectivity index (χ0) is 32.9. The number of halogens is 5. The molecule has 0 aromatic heterocycles. The zero-order valence-corrected chi connectivity index (χ0v) is 26.4. The van der Waals surface area contributed by atoms with Crippen molar-refractivity contribution >= 4 is 39.1 Å². The third-order valence-electron chi connectivity index (χ3n) is 7.82. The Labute approximate surface area is 265 Å². The van der Waals surface area contributed by atoms with Crippen LogP contribution in [0.3, 0.4) is 0 Å².